The quantitative estimate of drug-likeness (QED) is 0.416. The van der Waals surface area contributed by atoms with Crippen LogP contribution in [0.4, 0.5) is 11.4 Å². The second-order valence-corrected chi connectivity index (χ2v) is 6.88. The molecule has 2 aromatic carbocycles. The lowest BCUT2D eigenvalue weighted by Gasteiger charge is -2.35. The van der Waals surface area contributed by atoms with Crippen molar-refractivity contribution in [3.63, 3.8) is 0 Å². The molecule has 1 aliphatic rings. The van der Waals surface area contributed by atoms with Crippen LogP contribution < -0.4 is 9.64 Å². The Labute approximate surface area is 164 Å². The van der Waals surface area contributed by atoms with Gasteiger partial charge in [0, 0.05) is 38.7 Å². The van der Waals surface area contributed by atoms with Gasteiger partial charge in [0.2, 0.25) is 5.91 Å². The van der Waals surface area contributed by atoms with E-state index in [-0.39, 0.29) is 16.5 Å². The number of rotatable bonds is 7. The van der Waals surface area contributed by atoms with E-state index in [1.807, 2.05) is 41.0 Å². The van der Waals surface area contributed by atoms with E-state index < -0.39 is 0 Å². The number of nitrogens with zero attached hydrogens (tertiary/aromatic N) is 3. The van der Waals surface area contributed by atoms with Gasteiger partial charge < -0.3 is 14.5 Å². The summed E-state index contributed by atoms with van der Waals surface area (Å²) in [5.74, 6) is 0.931. The molecule has 3 rings (SSSR count). The summed E-state index contributed by atoms with van der Waals surface area (Å²) < 4.78 is 5.69. The zero-order valence-corrected chi connectivity index (χ0v) is 16.0. The Morgan fingerprint density at radius 3 is 2.57 bits per heavy atom. The van der Waals surface area contributed by atoms with Gasteiger partial charge in [-0.2, -0.15) is 0 Å². The van der Waals surface area contributed by atoms with Crippen LogP contribution in [0.3, 0.4) is 0 Å². The molecule has 0 atom stereocenters. The highest BCUT2D eigenvalue weighted by Crippen LogP contribution is 2.28. The largest absolute Gasteiger partial charge is 0.494 e. The summed E-state index contributed by atoms with van der Waals surface area (Å²) in [6.07, 6.45) is 1.11. The Hall–Kier alpha value is -3.09. The summed E-state index contributed by atoms with van der Waals surface area (Å²) in [6.45, 7) is 4.85. The van der Waals surface area contributed by atoms with Crippen LogP contribution in [0.5, 0.6) is 5.75 Å². The zero-order chi connectivity index (χ0) is 19.9. The van der Waals surface area contributed by atoms with E-state index in [4.69, 9.17) is 4.74 Å². The van der Waals surface area contributed by atoms with Gasteiger partial charge in [0.05, 0.1) is 11.5 Å². The highest BCUT2D eigenvalue weighted by atomic mass is 16.6. The van der Waals surface area contributed by atoms with Crippen LogP contribution in [0.1, 0.15) is 18.4 Å². The number of amides is 1. The minimum Gasteiger partial charge on any atom is -0.494 e. The molecule has 7 nitrogen and oxygen atoms in total. The van der Waals surface area contributed by atoms with Crippen molar-refractivity contribution in [1.82, 2.24) is 4.90 Å². The predicted molar refractivity (Wildman–Crippen MR) is 108 cm³/mol. The molecule has 0 radical (unpaired) electrons. The number of carbonyl (C=O) groups is 1. The molecule has 7 heteroatoms. The van der Waals surface area contributed by atoms with Crippen molar-refractivity contribution in [2.75, 3.05) is 37.7 Å². The van der Waals surface area contributed by atoms with Gasteiger partial charge in [-0.05, 0) is 37.1 Å². The molecule has 1 amide bonds. The monoisotopic (exact) mass is 383 g/mol. The lowest BCUT2D eigenvalue weighted by molar-refractivity contribution is -0.384. The van der Waals surface area contributed by atoms with Gasteiger partial charge >= 0.3 is 0 Å². The number of benzene rings is 2. The normalized spacial score (nSPS) is 14.0. The van der Waals surface area contributed by atoms with Crippen LogP contribution in [-0.4, -0.2) is 48.5 Å². The molecule has 2 aromatic rings. The van der Waals surface area contributed by atoms with Crippen LogP contribution in [0.15, 0.2) is 48.5 Å². The maximum absolute atomic E-state index is 12.4. The SMILES string of the molecule is Cc1cccc(OCCCC(=O)N2CCN(c3ccccc3[N+](=O)[O-])CC2)c1. The predicted octanol–water partition coefficient (Wildman–Crippen LogP) is 3.41. The average Bonchev–Trinajstić information content (AvgIpc) is 2.71. The van der Waals surface area contributed by atoms with Gasteiger partial charge in [-0.15, -0.1) is 0 Å². The number of carbonyl (C=O) groups excluding carboxylic acids is 1. The Morgan fingerprint density at radius 1 is 1.11 bits per heavy atom. The number of aryl methyl sites for hydroxylation is 1. The fraction of sp³-hybridized carbons (Fsp3) is 0.381. The Balaban J connectivity index is 1.43. The standard InChI is InChI=1S/C21H25N3O4/c1-17-6-4-7-18(16-17)28-15-5-10-21(25)23-13-11-22(12-14-23)19-8-2-3-9-20(19)24(26)27/h2-4,6-9,16H,5,10-15H2,1H3. The van der Waals surface area contributed by atoms with Crippen molar-refractivity contribution in [3.05, 3.63) is 64.2 Å². The minimum atomic E-state index is -0.360. The number of piperazine rings is 1. The topological polar surface area (TPSA) is 75.9 Å². The molecule has 0 unspecified atom stereocenters. The molecule has 1 aliphatic heterocycles. The van der Waals surface area contributed by atoms with Crippen LogP contribution in [0.2, 0.25) is 0 Å². The van der Waals surface area contributed by atoms with Gasteiger partial charge in [0.25, 0.3) is 5.69 Å². The van der Waals surface area contributed by atoms with Crippen LogP contribution >= 0.6 is 0 Å². The van der Waals surface area contributed by atoms with Gasteiger partial charge in [0.1, 0.15) is 11.4 Å². The maximum atomic E-state index is 12.4. The maximum Gasteiger partial charge on any atom is 0.292 e. The number of hydrogen-bond donors (Lipinski definition) is 0. The molecule has 0 bridgehead atoms. The number of hydrogen-bond acceptors (Lipinski definition) is 5. The highest BCUT2D eigenvalue weighted by Gasteiger charge is 2.25. The van der Waals surface area contributed by atoms with E-state index in [1.165, 1.54) is 6.07 Å². The number of nitro benzene ring substituents is 1. The number of anilines is 1. The molecule has 1 saturated heterocycles. The van der Waals surface area contributed by atoms with Gasteiger partial charge in [0.15, 0.2) is 0 Å². The molecule has 28 heavy (non-hydrogen) atoms. The lowest BCUT2D eigenvalue weighted by atomic mass is 10.2. The summed E-state index contributed by atoms with van der Waals surface area (Å²) >= 11 is 0. The fourth-order valence-electron chi connectivity index (χ4n) is 3.36. The zero-order valence-electron chi connectivity index (χ0n) is 16.0. The number of nitro groups is 1. The van der Waals surface area contributed by atoms with E-state index in [0.717, 1.165) is 11.3 Å². The fourth-order valence-corrected chi connectivity index (χ4v) is 3.36. The van der Waals surface area contributed by atoms with E-state index in [0.29, 0.717) is 51.3 Å². The molecule has 0 aromatic heterocycles. The lowest BCUT2D eigenvalue weighted by Crippen LogP contribution is -2.49. The average molecular weight is 383 g/mol. The van der Waals surface area contributed by atoms with Crippen molar-refractivity contribution < 1.29 is 14.5 Å². The third-order valence-electron chi connectivity index (χ3n) is 4.84. The second kappa shape index (κ2) is 9.21. The smallest absolute Gasteiger partial charge is 0.292 e. The number of ether oxygens (including phenoxy) is 1. The van der Waals surface area contributed by atoms with E-state index in [9.17, 15) is 14.9 Å². The molecular formula is C21H25N3O4. The third-order valence-corrected chi connectivity index (χ3v) is 4.84. The van der Waals surface area contributed by atoms with Gasteiger partial charge in [-0.1, -0.05) is 24.3 Å². The molecule has 0 spiro atoms. The molecular weight excluding hydrogens is 358 g/mol. The summed E-state index contributed by atoms with van der Waals surface area (Å²) in [5.41, 5.74) is 1.87. The Morgan fingerprint density at radius 2 is 1.86 bits per heavy atom. The summed E-state index contributed by atoms with van der Waals surface area (Å²) in [6, 6.07) is 14.6. The Bertz CT molecular complexity index is 832. The van der Waals surface area contributed by atoms with Crippen molar-refractivity contribution in [3.8, 4) is 5.75 Å². The molecule has 1 heterocycles. The molecule has 0 aliphatic carbocycles. The van der Waals surface area contributed by atoms with Crippen LogP contribution in [-0.2, 0) is 4.79 Å². The van der Waals surface area contributed by atoms with E-state index >= 15 is 0 Å². The van der Waals surface area contributed by atoms with Gasteiger partial charge in [-0.3, -0.25) is 14.9 Å². The first-order chi connectivity index (χ1) is 13.5. The van der Waals surface area contributed by atoms with Crippen molar-refractivity contribution in [2.45, 2.75) is 19.8 Å². The van der Waals surface area contributed by atoms with E-state index in [1.54, 1.807) is 18.2 Å². The molecule has 1 fully saturated rings. The molecule has 0 saturated carbocycles. The highest BCUT2D eigenvalue weighted by molar-refractivity contribution is 5.76. The Kier molecular flexibility index (Phi) is 6.47. The van der Waals surface area contributed by atoms with Crippen molar-refractivity contribution >= 4 is 17.3 Å². The summed E-state index contributed by atoms with van der Waals surface area (Å²) in [7, 11) is 0. The number of para-hydroxylation sites is 2. The first kappa shape index (κ1) is 19.7. The van der Waals surface area contributed by atoms with Crippen LogP contribution in [0, 0.1) is 17.0 Å². The van der Waals surface area contributed by atoms with Gasteiger partial charge in [-0.25, -0.2) is 0 Å². The minimum absolute atomic E-state index is 0.107. The summed E-state index contributed by atoms with van der Waals surface area (Å²) in [4.78, 5) is 27.1. The second-order valence-electron chi connectivity index (χ2n) is 6.88. The molecule has 0 N–H and O–H groups in total. The first-order valence-electron chi connectivity index (χ1n) is 9.50. The molecule has 148 valence electrons. The summed E-state index contributed by atoms with van der Waals surface area (Å²) in [5, 5.41) is 11.2. The first-order valence-corrected chi connectivity index (χ1v) is 9.50. The third kappa shape index (κ3) is 5.00. The van der Waals surface area contributed by atoms with E-state index in [2.05, 4.69) is 0 Å². The van der Waals surface area contributed by atoms with Crippen molar-refractivity contribution in [2.24, 2.45) is 0 Å². The van der Waals surface area contributed by atoms with Crippen molar-refractivity contribution in [1.29, 1.82) is 0 Å². The van der Waals surface area contributed by atoms with Crippen LogP contribution in [0.25, 0.3) is 0 Å².